The summed E-state index contributed by atoms with van der Waals surface area (Å²) in [6.07, 6.45) is 9.85. The van der Waals surface area contributed by atoms with E-state index < -0.39 is 0 Å². The lowest BCUT2D eigenvalue weighted by Gasteiger charge is -2.21. The third kappa shape index (κ3) is 3.98. The number of hydrogen-bond donors (Lipinski definition) is 1. The molecule has 4 rings (SSSR count). The molecule has 0 unspecified atom stereocenters. The van der Waals surface area contributed by atoms with E-state index in [1.165, 1.54) is 43.0 Å². The van der Waals surface area contributed by atoms with Crippen LogP contribution in [0.1, 0.15) is 55.3 Å². The summed E-state index contributed by atoms with van der Waals surface area (Å²) in [5.74, 6) is -0.0406. The predicted octanol–water partition coefficient (Wildman–Crippen LogP) is 4.23. The maximum absolute atomic E-state index is 12.7. The maximum atomic E-state index is 12.7. The van der Waals surface area contributed by atoms with Crippen LogP contribution in [0.4, 0.5) is 0 Å². The van der Waals surface area contributed by atoms with Crippen molar-refractivity contribution >= 4 is 16.8 Å². The van der Waals surface area contributed by atoms with Gasteiger partial charge in [0.15, 0.2) is 0 Å². The molecule has 1 aliphatic carbocycles. The van der Waals surface area contributed by atoms with Gasteiger partial charge >= 0.3 is 0 Å². The molecule has 144 valence electrons. The highest BCUT2D eigenvalue weighted by Crippen LogP contribution is 2.18. The molecule has 0 spiro atoms. The van der Waals surface area contributed by atoms with Crippen LogP contribution in [0.5, 0.6) is 0 Å². The van der Waals surface area contributed by atoms with Crippen molar-refractivity contribution in [2.75, 3.05) is 0 Å². The van der Waals surface area contributed by atoms with E-state index >= 15 is 0 Å². The highest BCUT2D eigenvalue weighted by molar-refractivity contribution is 5.94. The Morgan fingerprint density at radius 1 is 0.929 bits per heavy atom. The minimum atomic E-state index is -0.114. The van der Waals surface area contributed by atoms with E-state index in [9.17, 15) is 9.59 Å². The smallest absolute Gasteiger partial charge is 0.265 e. The molecular weight excluding hydrogens is 350 g/mol. The van der Waals surface area contributed by atoms with Gasteiger partial charge in [0.2, 0.25) is 0 Å². The Kier molecular flexibility index (Phi) is 5.51. The number of carbonyl (C=O) groups excluding carboxylic acids is 1. The minimum Gasteiger partial charge on any atom is -0.349 e. The standard InChI is InChI=1S/C23H25N3O2/c27-22(25-18-8-4-2-1-3-5-9-18)17-12-14-19(15-13-17)26-16-24-21-11-7-6-10-20(21)23(26)28/h6-7,10-16,18H,1-5,8-9H2,(H,25,27). The molecule has 0 aliphatic heterocycles. The minimum absolute atomic E-state index is 0.0406. The van der Waals surface area contributed by atoms with Gasteiger partial charge < -0.3 is 5.32 Å². The Balaban J connectivity index is 1.51. The van der Waals surface area contributed by atoms with E-state index in [-0.39, 0.29) is 17.5 Å². The van der Waals surface area contributed by atoms with E-state index in [0.29, 0.717) is 22.2 Å². The molecule has 0 radical (unpaired) electrons. The molecule has 1 N–H and O–H groups in total. The monoisotopic (exact) mass is 375 g/mol. The molecule has 1 heterocycles. The third-order valence-electron chi connectivity index (χ3n) is 5.51. The van der Waals surface area contributed by atoms with Gasteiger partial charge in [-0.15, -0.1) is 0 Å². The van der Waals surface area contributed by atoms with Gasteiger partial charge in [-0.2, -0.15) is 0 Å². The Bertz CT molecular complexity index is 1020. The number of benzene rings is 2. The van der Waals surface area contributed by atoms with Crippen LogP contribution in [-0.4, -0.2) is 21.5 Å². The summed E-state index contributed by atoms with van der Waals surface area (Å²) in [6.45, 7) is 0. The number of fused-ring (bicyclic) bond motifs is 1. The molecule has 2 aromatic carbocycles. The number of carbonyl (C=O) groups is 1. The molecule has 1 fully saturated rings. The van der Waals surface area contributed by atoms with Crippen LogP contribution in [0.25, 0.3) is 16.6 Å². The number of amides is 1. The summed E-state index contributed by atoms with van der Waals surface area (Å²) in [5, 5.41) is 3.76. The van der Waals surface area contributed by atoms with E-state index in [1.54, 1.807) is 30.3 Å². The molecule has 3 aromatic rings. The Morgan fingerprint density at radius 2 is 1.61 bits per heavy atom. The number of hydrogen-bond acceptors (Lipinski definition) is 3. The topological polar surface area (TPSA) is 64.0 Å². The summed E-state index contributed by atoms with van der Waals surface area (Å²) in [6, 6.07) is 14.7. The van der Waals surface area contributed by atoms with Crippen LogP contribution in [0.2, 0.25) is 0 Å². The molecule has 0 bridgehead atoms. The Labute approximate surface area is 164 Å². The van der Waals surface area contributed by atoms with E-state index in [0.717, 1.165) is 12.8 Å². The van der Waals surface area contributed by atoms with Crippen molar-refractivity contribution in [2.45, 2.75) is 51.0 Å². The highest BCUT2D eigenvalue weighted by atomic mass is 16.1. The number of aromatic nitrogens is 2. The second kappa shape index (κ2) is 8.38. The largest absolute Gasteiger partial charge is 0.349 e. The van der Waals surface area contributed by atoms with Crippen LogP contribution in [0.3, 0.4) is 0 Å². The van der Waals surface area contributed by atoms with Gasteiger partial charge in [-0.25, -0.2) is 4.98 Å². The van der Waals surface area contributed by atoms with Gasteiger partial charge in [0.1, 0.15) is 6.33 Å². The first kappa shape index (κ1) is 18.4. The predicted molar refractivity (Wildman–Crippen MR) is 111 cm³/mol. The van der Waals surface area contributed by atoms with Crippen molar-refractivity contribution in [1.82, 2.24) is 14.9 Å². The molecule has 1 aromatic heterocycles. The van der Waals surface area contributed by atoms with Crippen LogP contribution in [-0.2, 0) is 0 Å². The average Bonchev–Trinajstić information content (AvgIpc) is 2.70. The highest BCUT2D eigenvalue weighted by Gasteiger charge is 2.15. The molecule has 1 saturated carbocycles. The van der Waals surface area contributed by atoms with Gasteiger partial charge in [0, 0.05) is 11.6 Å². The first-order chi connectivity index (χ1) is 13.7. The maximum Gasteiger partial charge on any atom is 0.265 e. The van der Waals surface area contributed by atoms with Crippen molar-refractivity contribution < 1.29 is 4.79 Å². The average molecular weight is 375 g/mol. The van der Waals surface area contributed by atoms with Crippen molar-refractivity contribution in [3.05, 3.63) is 70.8 Å². The van der Waals surface area contributed by atoms with Gasteiger partial charge in [-0.1, -0.05) is 44.2 Å². The quantitative estimate of drug-likeness (QED) is 0.745. The van der Waals surface area contributed by atoms with Crippen LogP contribution < -0.4 is 10.9 Å². The van der Waals surface area contributed by atoms with E-state index in [1.807, 2.05) is 18.2 Å². The molecule has 0 saturated heterocycles. The fourth-order valence-corrected chi connectivity index (χ4v) is 3.90. The SMILES string of the molecule is O=C(NC1CCCCCCC1)c1ccc(-n2cnc3ccccc3c2=O)cc1. The third-order valence-corrected chi connectivity index (χ3v) is 5.51. The first-order valence-electron chi connectivity index (χ1n) is 10.1. The number of para-hydroxylation sites is 1. The molecule has 5 nitrogen and oxygen atoms in total. The van der Waals surface area contributed by atoms with Gasteiger partial charge in [-0.3, -0.25) is 14.2 Å². The zero-order chi connectivity index (χ0) is 19.3. The van der Waals surface area contributed by atoms with Crippen LogP contribution >= 0.6 is 0 Å². The van der Waals surface area contributed by atoms with Gasteiger partial charge in [0.05, 0.1) is 16.6 Å². The van der Waals surface area contributed by atoms with E-state index in [4.69, 9.17) is 0 Å². The number of nitrogens with zero attached hydrogens (tertiary/aromatic N) is 2. The van der Waals surface area contributed by atoms with Gasteiger partial charge in [0.25, 0.3) is 11.5 Å². The summed E-state index contributed by atoms with van der Waals surface area (Å²) in [5.41, 5.74) is 1.88. The van der Waals surface area contributed by atoms with Crippen molar-refractivity contribution in [3.8, 4) is 5.69 Å². The zero-order valence-electron chi connectivity index (χ0n) is 15.9. The fraction of sp³-hybridized carbons (Fsp3) is 0.348. The molecule has 1 aliphatic rings. The second-order valence-electron chi connectivity index (χ2n) is 7.50. The first-order valence-corrected chi connectivity index (χ1v) is 10.1. The van der Waals surface area contributed by atoms with Crippen LogP contribution in [0, 0.1) is 0 Å². The summed E-state index contributed by atoms with van der Waals surface area (Å²) < 4.78 is 1.51. The molecule has 5 heteroatoms. The summed E-state index contributed by atoms with van der Waals surface area (Å²) >= 11 is 0. The molecule has 0 atom stereocenters. The van der Waals surface area contributed by atoms with E-state index in [2.05, 4.69) is 10.3 Å². The molecule has 1 amide bonds. The molecule has 28 heavy (non-hydrogen) atoms. The number of rotatable bonds is 3. The van der Waals surface area contributed by atoms with Crippen molar-refractivity contribution in [3.63, 3.8) is 0 Å². The zero-order valence-corrected chi connectivity index (χ0v) is 15.9. The fourth-order valence-electron chi connectivity index (χ4n) is 3.90. The van der Waals surface area contributed by atoms with Crippen molar-refractivity contribution in [2.24, 2.45) is 0 Å². The lowest BCUT2D eigenvalue weighted by molar-refractivity contribution is 0.0930. The number of nitrogens with one attached hydrogen (secondary N) is 1. The molecular formula is C23H25N3O2. The Hall–Kier alpha value is -2.95. The van der Waals surface area contributed by atoms with Crippen molar-refractivity contribution in [1.29, 1.82) is 0 Å². The Morgan fingerprint density at radius 3 is 2.36 bits per heavy atom. The normalized spacial score (nSPS) is 15.7. The van der Waals surface area contributed by atoms with Gasteiger partial charge in [-0.05, 0) is 49.2 Å². The summed E-state index contributed by atoms with van der Waals surface area (Å²) in [7, 11) is 0. The van der Waals surface area contributed by atoms with Crippen LogP contribution in [0.15, 0.2) is 59.7 Å². The lowest BCUT2D eigenvalue weighted by Crippen LogP contribution is -2.35. The summed E-state index contributed by atoms with van der Waals surface area (Å²) in [4.78, 5) is 29.7. The lowest BCUT2D eigenvalue weighted by atomic mass is 9.96. The second-order valence-corrected chi connectivity index (χ2v) is 7.50.